The Bertz CT molecular complexity index is 632. The monoisotopic (exact) mass is 258 g/mol. The van der Waals surface area contributed by atoms with E-state index in [-0.39, 0.29) is 28.6 Å². The average Bonchev–Trinajstić information content (AvgIpc) is 2.38. The topological polar surface area (TPSA) is 145 Å². The van der Waals surface area contributed by atoms with Crippen molar-refractivity contribution >= 4 is 23.0 Å². The van der Waals surface area contributed by atoms with Gasteiger partial charge in [-0.1, -0.05) is 0 Å². The van der Waals surface area contributed by atoms with Gasteiger partial charge in [-0.3, -0.25) is 15.5 Å². The van der Waals surface area contributed by atoms with E-state index in [9.17, 15) is 10.1 Å². The maximum atomic E-state index is 10.6. The second kappa shape index (κ2) is 4.69. The summed E-state index contributed by atoms with van der Waals surface area (Å²) in [6.45, 7) is 0. The molecule has 0 bridgehead atoms. The quantitative estimate of drug-likeness (QED) is 0.424. The van der Waals surface area contributed by atoms with Gasteiger partial charge < -0.3 is 11.5 Å². The second-order valence-electron chi connectivity index (χ2n) is 3.70. The molecule has 0 radical (unpaired) electrons. The largest absolute Gasteiger partial charge is 0.383 e. The number of nitrogen functional groups attached to an aromatic ring is 2. The first-order valence-corrected chi connectivity index (χ1v) is 5.20. The minimum atomic E-state index is -0.512. The minimum Gasteiger partial charge on any atom is -0.383 e. The van der Waals surface area contributed by atoms with Gasteiger partial charge in [-0.25, -0.2) is 9.97 Å². The summed E-state index contributed by atoms with van der Waals surface area (Å²) in [5, 5.41) is 18.6. The van der Waals surface area contributed by atoms with Crippen molar-refractivity contribution in [1.29, 1.82) is 5.41 Å². The van der Waals surface area contributed by atoms with Crippen LogP contribution in [-0.4, -0.2) is 20.6 Å². The van der Waals surface area contributed by atoms with E-state index in [1.165, 1.54) is 30.6 Å². The minimum absolute atomic E-state index is 0.0190. The van der Waals surface area contributed by atoms with Crippen LogP contribution in [0.5, 0.6) is 0 Å². The van der Waals surface area contributed by atoms with Crippen LogP contribution in [0.3, 0.4) is 0 Å². The van der Waals surface area contributed by atoms with Gasteiger partial charge in [-0.2, -0.15) is 0 Å². The molecule has 1 aromatic heterocycles. The summed E-state index contributed by atoms with van der Waals surface area (Å²) in [7, 11) is 0. The molecule has 1 aromatic carbocycles. The number of non-ortho nitro benzene ring substituents is 1. The third-order valence-electron chi connectivity index (χ3n) is 2.52. The Morgan fingerprint density at radius 3 is 2.16 bits per heavy atom. The number of hydrogen-bond acceptors (Lipinski definition) is 7. The number of nitrogens with zero attached hydrogens (tertiary/aromatic N) is 3. The fraction of sp³-hybridized carbons (Fsp3) is 0. The molecule has 0 aliphatic carbocycles. The van der Waals surface area contributed by atoms with Crippen molar-refractivity contribution in [2.24, 2.45) is 0 Å². The molecule has 96 valence electrons. The average molecular weight is 258 g/mol. The van der Waals surface area contributed by atoms with Crippen molar-refractivity contribution in [2.45, 2.75) is 0 Å². The number of anilines is 2. The Labute approximate surface area is 107 Å². The van der Waals surface area contributed by atoms with Crippen molar-refractivity contribution in [1.82, 2.24) is 9.97 Å². The van der Waals surface area contributed by atoms with Gasteiger partial charge in [0, 0.05) is 17.7 Å². The van der Waals surface area contributed by atoms with Gasteiger partial charge in [0.15, 0.2) is 0 Å². The van der Waals surface area contributed by atoms with Gasteiger partial charge in [-0.15, -0.1) is 0 Å². The molecule has 5 N–H and O–H groups in total. The van der Waals surface area contributed by atoms with Crippen LogP contribution in [-0.2, 0) is 0 Å². The predicted octanol–water partition coefficient (Wildman–Crippen LogP) is 0.965. The number of nitrogens with two attached hydrogens (primary N) is 2. The number of hydrogen-bond donors (Lipinski definition) is 3. The highest BCUT2D eigenvalue weighted by Crippen LogP contribution is 2.20. The first kappa shape index (κ1) is 12.4. The highest BCUT2D eigenvalue weighted by molar-refractivity contribution is 6.15. The van der Waals surface area contributed by atoms with E-state index in [1.54, 1.807) is 0 Å². The third-order valence-corrected chi connectivity index (χ3v) is 2.52. The SMILES string of the molecule is N=C(c1ccc([N+](=O)[O-])cc1)c1c(N)ncnc1N. The van der Waals surface area contributed by atoms with Crippen molar-refractivity contribution < 1.29 is 4.92 Å². The summed E-state index contributed by atoms with van der Waals surface area (Å²) in [5.41, 5.74) is 11.9. The van der Waals surface area contributed by atoms with Crippen LogP contribution in [0.25, 0.3) is 0 Å². The van der Waals surface area contributed by atoms with Gasteiger partial charge in [0.05, 0.1) is 16.2 Å². The van der Waals surface area contributed by atoms with Crippen LogP contribution >= 0.6 is 0 Å². The van der Waals surface area contributed by atoms with Crippen LogP contribution in [0, 0.1) is 15.5 Å². The number of nitro groups is 1. The normalized spacial score (nSPS) is 10.1. The van der Waals surface area contributed by atoms with Crippen LogP contribution in [0.15, 0.2) is 30.6 Å². The summed E-state index contributed by atoms with van der Waals surface area (Å²) in [6.07, 6.45) is 1.21. The fourth-order valence-electron chi connectivity index (χ4n) is 1.56. The van der Waals surface area contributed by atoms with Crippen molar-refractivity contribution in [3.8, 4) is 0 Å². The van der Waals surface area contributed by atoms with E-state index in [2.05, 4.69) is 9.97 Å². The number of benzene rings is 1. The first-order chi connectivity index (χ1) is 9.00. The Balaban J connectivity index is 2.42. The smallest absolute Gasteiger partial charge is 0.269 e. The van der Waals surface area contributed by atoms with Crippen LogP contribution in [0.4, 0.5) is 17.3 Å². The summed E-state index contributed by atoms with van der Waals surface area (Å²) in [5.74, 6) is 0.187. The van der Waals surface area contributed by atoms with Gasteiger partial charge in [0.2, 0.25) is 0 Å². The lowest BCUT2D eigenvalue weighted by molar-refractivity contribution is -0.384. The highest BCUT2D eigenvalue weighted by Gasteiger charge is 2.15. The molecule has 2 rings (SSSR count). The lowest BCUT2D eigenvalue weighted by Gasteiger charge is -2.08. The Morgan fingerprint density at radius 1 is 1.16 bits per heavy atom. The zero-order chi connectivity index (χ0) is 14.0. The van der Waals surface area contributed by atoms with Crippen molar-refractivity contribution in [2.75, 3.05) is 11.5 Å². The third kappa shape index (κ3) is 2.32. The summed E-state index contributed by atoms with van der Waals surface area (Å²) < 4.78 is 0. The standard InChI is InChI=1S/C11H10N6O2/c12-9(8-10(13)15-5-16-11(8)14)6-1-3-7(4-2-6)17(18)19/h1-5,12H,(H4,13,14,15,16). The van der Waals surface area contributed by atoms with Gasteiger partial charge in [0.25, 0.3) is 5.69 Å². The van der Waals surface area contributed by atoms with Crippen molar-refractivity contribution in [3.05, 3.63) is 51.8 Å². The molecule has 2 aromatic rings. The van der Waals surface area contributed by atoms with Gasteiger partial charge in [-0.05, 0) is 12.1 Å². The summed E-state index contributed by atoms with van der Waals surface area (Å²) in [4.78, 5) is 17.6. The van der Waals surface area contributed by atoms with E-state index in [4.69, 9.17) is 16.9 Å². The van der Waals surface area contributed by atoms with Crippen LogP contribution in [0.2, 0.25) is 0 Å². The number of aromatic nitrogens is 2. The Morgan fingerprint density at radius 2 is 1.68 bits per heavy atom. The zero-order valence-corrected chi connectivity index (χ0v) is 9.70. The second-order valence-corrected chi connectivity index (χ2v) is 3.70. The molecular weight excluding hydrogens is 248 g/mol. The number of nitrogens with one attached hydrogen (secondary N) is 1. The molecule has 0 spiro atoms. The Kier molecular flexibility index (Phi) is 3.06. The lowest BCUT2D eigenvalue weighted by Crippen LogP contribution is -2.12. The Hall–Kier alpha value is -3.03. The maximum Gasteiger partial charge on any atom is 0.269 e. The fourth-order valence-corrected chi connectivity index (χ4v) is 1.56. The molecule has 8 nitrogen and oxygen atoms in total. The molecule has 0 atom stereocenters. The van der Waals surface area contributed by atoms with Gasteiger partial charge in [0.1, 0.15) is 18.0 Å². The highest BCUT2D eigenvalue weighted by atomic mass is 16.6. The van der Waals surface area contributed by atoms with E-state index < -0.39 is 4.92 Å². The molecule has 0 aliphatic heterocycles. The molecule has 19 heavy (non-hydrogen) atoms. The van der Waals surface area contributed by atoms with Crippen molar-refractivity contribution in [3.63, 3.8) is 0 Å². The first-order valence-electron chi connectivity index (χ1n) is 5.20. The number of rotatable bonds is 3. The molecule has 0 fully saturated rings. The summed E-state index contributed by atoms with van der Waals surface area (Å²) in [6, 6.07) is 5.51. The molecular formula is C11H10N6O2. The van der Waals surface area contributed by atoms with Crippen LogP contribution < -0.4 is 11.5 Å². The van der Waals surface area contributed by atoms with E-state index >= 15 is 0 Å². The van der Waals surface area contributed by atoms with E-state index in [1.807, 2.05) is 0 Å². The van der Waals surface area contributed by atoms with E-state index in [0.29, 0.717) is 5.56 Å². The summed E-state index contributed by atoms with van der Waals surface area (Å²) >= 11 is 0. The van der Waals surface area contributed by atoms with Crippen LogP contribution in [0.1, 0.15) is 11.1 Å². The maximum absolute atomic E-state index is 10.6. The molecule has 0 amide bonds. The molecule has 8 heteroatoms. The predicted molar refractivity (Wildman–Crippen MR) is 69.9 cm³/mol. The molecule has 0 aliphatic rings. The molecule has 0 unspecified atom stereocenters. The molecule has 0 saturated heterocycles. The zero-order valence-electron chi connectivity index (χ0n) is 9.70. The van der Waals surface area contributed by atoms with E-state index in [0.717, 1.165) is 0 Å². The molecule has 1 heterocycles. The number of nitro benzene ring substituents is 1. The lowest BCUT2D eigenvalue weighted by atomic mass is 10.0. The van der Waals surface area contributed by atoms with Gasteiger partial charge >= 0.3 is 0 Å². The molecule has 0 saturated carbocycles.